The third-order valence-corrected chi connectivity index (χ3v) is 3.84. The molecule has 1 aliphatic heterocycles. The lowest BCUT2D eigenvalue weighted by molar-refractivity contribution is -0.384. The summed E-state index contributed by atoms with van der Waals surface area (Å²) in [6.07, 6.45) is 3.22. The molecule has 0 spiro atoms. The Hall–Kier alpha value is -1.50. The van der Waals surface area contributed by atoms with Gasteiger partial charge in [-0.15, -0.1) is 0 Å². The summed E-state index contributed by atoms with van der Waals surface area (Å²) in [5.41, 5.74) is -0.0236. The van der Waals surface area contributed by atoms with E-state index in [-0.39, 0.29) is 21.9 Å². The van der Waals surface area contributed by atoms with Crippen LogP contribution in [0, 0.1) is 15.9 Å². The fourth-order valence-electron chi connectivity index (χ4n) is 2.30. The summed E-state index contributed by atoms with van der Waals surface area (Å²) in [7, 11) is 0. The first-order chi connectivity index (χ1) is 9.04. The van der Waals surface area contributed by atoms with Gasteiger partial charge < -0.3 is 9.69 Å². The van der Waals surface area contributed by atoms with Gasteiger partial charge in [0.05, 0.1) is 21.5 Å². The minimum atomic E-state index is -0.685. The van der Waals surface area contributed by atoms with Gasteiger partial charge in [-0.25, -0.2) is 4.39 Å². The number of aldehydes is 1. The number of rotatable bonds is 3. The summed E-state index contributed by atoms with van der Waals surface area (Å²) in [4.78, 5) is 23.2. The van der Waals surface area contributed by atoms with E-state index in [9.17, 15) is 19.3 Å². The van der Waals surface area contributed by atoms with Crippen molar-refractivity contribution < 1.29 is 14.1 Å². The zero-order valence-corrected chi connectivity index (χ0v) is 11.6. The Morgan fingerprint density at radius 2 is 2.21 bits per heavy atom. The maximum absolute atomic E-state index is 13.4. The highest BCUT2D eigenvalue weighted by molar-refractivity contribution is 9.10. The van der Waals surface area contributed by atoms with Gasteiger partial charge in [-0.05, 0) is 41.3 Å². The summed E-state index contributed by atoms with van der Waals surface area (Å²) in [6, 6.07) is 1.87. The Morgan fingerprint density at radius 1 is 1.47 bits per heavy atom. The Balaban J connectivity index is 2.50. The van der Waals surface area contributed by atoms with Crippen LogP contribution in [-0.4, -0.2) is 23.8 Å². The highest BCUT2D eigenvalue weighted by Gasteiger charge is 2.29. The molecule has 102 valence electrons. The highest BCUT2D eigenvalue weighted by atomic mass is 79.9. The normalized spacial score (nSPS) is 19.3. The third-order valence-electron chi connectivity index (χ3n) is 3.23. The topological polar surface area (TPSA) is 63.5 Å². The molecule has 2 rings (SSSR count). The number of piperidine rings is 1. The standard InChI is InChI=1S/C12H12BrFN2O3/c13-9-5-11(12(16(18)19)6-10(9)14)15-4-2-1-3-8(15)7-17/h5-8H,1-4H2. The van der Waals surface area contributed by atoms with E-state index < -0.39 is 10.7 Å². The van der Waals surface area contributed by atoms with Gasteiger partial charge in [0.15, 0.2) is 0 Å². The second kappa shape index (κ2) is 5.64. The molecule has 1 heterocycles. The van der Waals surface area contributed by atoms with E-state index >= 15 is 0 Å². The largest absolute Gasteiger partial charge is 0.356 e. The van der Waals surface area contributed by atoms with E-state index in [0.717, 1.165) is 25.2 Å². The summed E-state index contributed by atoms with van der Waals surface area (Å²) >= 11 is 3.03. The zero-order chi connectivity index (χ0) is 14.0. The predicted octanol–water partition coefficient (Wildman–Crippen LogP) is 3.05. The summed E-state index contributed by atoms with van der Waals surface area (Å²) < 4.78 is 13.6. The smallest absolute Gasteiger partial charge is 0.295 e. The number of anilines is 1. The van der Waals surface area contributed by atoms with Gasteiger partial charge >= 0.3 is 0 Å². The molecule has 0 bridgehead atoms. The lowest BCUT2D eigenvalue weighted by Gasteiger charge is -2.33. The Bertz CT molecular complexity index is 524. The monoisotopic (exact) mass is 330 g/mol. The van der Waals surface area contributed by atoms with Crippen molar-refractivity contribution in [1.29, 1.82) is 0 Å². The molecule has 1 aromatic rings. The molecule has 1 atom stereocenters. The number of halogens is 2. The molecule has 0 saturated carbocycles. The molecule has 0 radical (unpaired) electrons. The second-order valence-corrected chi connectivity index (χ2v) is 5.26. The Labute approximate surface area is 117 Å². The number of nitrogens with zero attached hydrogens (tertiary/aromatic N) is 2. The lowest BCUT2D eigenvalue weighted by atomic mass is 10.0. The number of carbonyl (C=O) groups is 1. The Kier molecular flexibility index (Phi) is 4.14. The fourth-order valence-corrected chi connectivity index (χ4v) is 2.63. The fraction of sp³-hybridized carbons (Fsp3) is 0.417. The molecule has 0 aliphatic carbocycles. The Morgan fingerprint density at radius 3 is 2.84 bits per heavy atom. The third kappa shape index (κ3) is 2.75. The van der Waals surface area contributed by atoms with Crippen LogP contribution in [0.2, 0.25) is 0 Å². The number of nitro benzene ring substituents is 1. The van der Waals surface area contributed by atoms with E-state index in [4.69, 9.17) is 0 Å². The first-order valence-corrected chi connectivity index (χ1v) is 6.69. The van der Waals surface area contributed by atoms with Crippen molar-refractivity contribution >= 4 is 33.6 Å². The predicted molar refractivity (Wildman–Crippen MR) is 71.8 cm³/mol. The van der Waals surface area contributed by atoms with Crippen molar-refractivity contribution in [2.45, 2.75) is 25.3 Å². The molecular formula is C12H12BrFN2O3. The van der Waals surface area contributed by atoms with Crippen LogP contribution in [0.5, 0.6) is 0 Å². The van der Waals surface area contributed by atoms with Gasteiger partial charge in [0.1, 0.15) is 17.8 Å². The van der Waals surface area contributed by atoms with Crippen LogP contribution >= 0.6 is 15.9 Å². The molecule has 19 heavy (non-hydrogen) atoms. The van der Waals surface area contributed by atoms with Gasteiger partial charge in [-0.1, -0.05) is 0 Å². The van der Waals surface area contributed by atoms with Crippen LogP contribution in [0.15, 0.2) is 16.6 Å². The number of hydrogen-bond acceptors (Lipinski definition) is 4. The molecular weight excluding hydrogens is 319 g/mol. The molecule has 7 heteroatoms. The molecule has 1 aliphatic rings. The number of benzene rings is 1. The number of hydrogen-bond donors (Lipinski definition) is 0. The van der Waals surface area contributed by atoms with E-state index in [1.807, 2.05) is 0 Å². The number of nitro groups is 1. The maximum Gasteiger partial charge on any atom is 0.295 e. The van der Waals surface area contributed by atoms with E-state index in [1.165, 1.54) is 6.07 Å². The quantitative estimate of drug-likeness (QED) is 0.485. The van der Waals surface area contributed by atoms with Crippen LogP contribution in [0.4, 0.5) is 15.8 Å². The molecule has 0 N–H and O–H groups in total. The molecule has 1 fully saturated rings. The minimum absolute atomic E-state index is 0.156. The van der Waals surface area contributed by atoms with E-state index in [2.05, 4.69) is 15.9 Å². The first kappa shape index (κ1) is 13.9. The summed E-state index contributed by atoms with van der Waals surface area (Å²) in [5.74, 6) is -0.685. The maximum atomic E-state index is 13.4. The molecule has 1 aromatic carbocycles. The average Bonchev–Trinajstić information content (AvgIpc) is 2.41. The van der Waals surface area contributed by atoms with Crippen molar-refractivity contribution in [2.24, 2.45) is 0 Å². The molecule has 0 amide bonds. The van der Waals surface area contributed by atoms with Crippen LogP contribution in [0.1, 0.15) is 19.3 Å². The molecule has 0 aromatic heterocycles. The van der Waals surface area contributed by atoms with Crippen molar-refractivity contribution in [3.8, 4) is 0 Å². The van der Waals surface area contributed by atoms with Crippen LogP contribution in [0.3, 0.4) is 0 Å². The van der Waals surface area contributed by atoms with Gasteiger partial charge in [0, 0.05) is 6.54 Å². The van der Waals surface area contributed by atoms with E-state index in [0.29, 0.717) is 13.0 Å². The van der Waals surface area contributed by atoms with Crippen molar-refractivity contribution in [2.75, 3.05) is 11.4 Å². The SMILES string of the molecule is O=CC1CCCCN1c1cc(Br)c(F)cc1[N+](=O)[O-]. The summed E-state index contributed by atoms with van der Waals surface area (Å²) in [6.45, 7) is 0.558. The zero-order valence-electron chi connectivity index (χ0n) is 10.0. The molecule has 1 saturated heterocycles. The van der Waals surface area contributed by atoms with Crippen molar-refractivity contribution in [3.05, 3.63) is 32.5 Å². The van der Waals surface area contributed by atoms with Gasteiger partial charge in [0.25, 0.3) is 5.69 Å². The van der Waals surface area contributed by atoms with E-state index in [1.54, 1.807) is 4.90 Å². The highest BCUT2D eigenvalue weighted by Crippen LogP contribution is 2.36. The lowest BCUT2D eigenvalue weighted by Crippen LogP contribution is -2.41. The number of carbonyl (C=O) groups excluding carboxylic acids is 1. The van der Waals surface area contributed by atoms with Crippen LogP contribution in [0.25, 0.3) is 0 Å². The minimum Gasteiger partial charge on any atom is -0.356 e. The molecule has 1 unspecified atom stereocenters. The van der Waals surface area contributed by atoms with Crippen LogP contribution < -0.4 is 4.90 Å². The van der Waals surface area contributed by atoms with Crippen molar-refractivity contribution in [3.63, 3.8) is 0 Å². The van der Waals surface area contributed by atoms with Gasteiger partial charge in [-0.3, -0.25) is 10.1 Å². The second-order valence-electron chi connectivity index (χ2n) is 4.40. The van der Waals surface area contributed by atoms with Gasteiger partial charge in [-0.2, -0.15) is 0 Å². The van der Waals surface area contributed by atoms with Gasteiger partial charge in [0.2, 0.25) is 0 Å². The first-order valence-electron chi connectivity index (χ1n) is 5.90. The molecule has 5 nitrogen and oxygen atoms in total. The van der Waals surface area contributed by atoms with Crippen molar-refractivity contribution in [1.82, 2.24) is 0 Å². The summed E-state index contributed by atoms with van der Waals surface area (Å²) in [5, 5.41) is 11.0. The average molecular weight is 331 g/mol. The van der Waals surface area contributed by atoms with Crippen LogP contribution in [-0.2, 0) is 4.79 Å².